The lowest BCUT2D eigenvalue weighted by Gasteiger charge is -2.40. The summed E-state index contributed by atoms with van der Waals surface area (Å²) < 4.78 is 0. The van der Waals surface area contributed by atoms with Gasteiger partial charge < -0.3 is 9.80 Å². The first-order valence-electron chi connectivity index (χ1n) is 12.9. The summed E-state index contributed by atoms with van der Waals surface area (Å²) in [4.78, 5) is 4.63. The Hall–Kier alpha value is -4.30. The highest BCUT2D eigenvalue weighted by Crippen LogP contribution is 2.49. The minimum atomic E-state index is -0.0655. The summed E-state index contributed by atoms with van der Waals surface area (Å²) in [6, 6.07) is 43.9. The molecule has 182 valence electrons. The number of aryl methyl sites for hydroxylation is 1. The number of hydrogen-bond donors (Lipinski definition) is 0. The van der Waals surface area contributed by atoms with Crippen molar-refractivity contribution >= 4 is 28.4 Å². The average Bonchev–Trinajstić information content (AvgIpc) is 2.94. The van der Waals surface area contributed by atoms with E-state index >= 15 is 0 Å². The van der Waals surface area contributed by atoms with E-state index in [-0.39, 0.29) is 5.41 Å². The Kier molecular flexibility index (Phi) is 5.61. The molecule has 0 atom stereocenters. The minimum Gasteiger partial charge on any atom is -0.344 e. The van der Waals surface area contributed by atoms with Crippen LogP contribution in [0.1, 0.15) is 30.5 Å². The van der Waals surface area contributed by atoms with Crippen LogP contribution < -0.4 is 9.80 Å². The van der Waals surface area contributed by atoms with Gasteiger partial charge in [0.1, 0.15) is 0 Å². The zero-order chi connectivity index (χ0) is 25.6. The quantitative estimate of drug-likeness (QED) is 0.253. The van der Waals surface area contributed by atoms with Gasteiger partial charge in [-0.15, -0.1) is 0 Å². The summed E-state index contributed by atoms with van der Waals surface area (Å²) in [5.74, 6) is 0. The first kappa shape index (κ1) is 23.1. The highest BCUT2D eigenvalue weighted by atomic mass is 15.1. The van der Waals surface area contributed by atoms with Gasteiger partial charge in [-0.3, -0.25) is 0 Å². The predicted molar refractivity (Wildman–Crippen MR) is 158 cm³/mol. The molecule has 0 unspecified atom stereocenters. The first-order chi connectivity index (χ1) is 17.9. The summed E-state index contributed by atoms with van der Waals surface area (Å²) in [6.07, 6.45) is 0. The van der Waals surface area contributed by atoms with Crippen molar-refractivity contribution in [3.63, 3.8) is 0 Å². The van der Waals surface area contributed by atoms with E-state index in [0.29, 0.717) is 0 Å². The Morgan fingerprint density at radius 1 is 0.541 bits per heavy atom. The van der Waals surface area contributed by atoms with Gasteiger partial charge in [0.15, 0.2) is 0 Å². The van der Waals surface area contributed by atoms with Crippen LogP contribution in [0.3, 0.4) is 0 Å². The monoisotopic (exact) mass is 480 g/mol. The van der Waals surface area contributed by atoms with E-state index < -0.39 is 0 Å². The molecule has 5 aromatic carbocycles. The fourth-order valence-corrected chi connectivity index (χ4v) is 5.60. The average molecular weight is 481 g/mol. The number of anilines is 5. The molecule has 2 nitrogen and oxygen atoms in total. The number of para-hydroxylation sites is 2. The molecule has 0 aliphatic carbocycles. The fraction of sp³-hybridized carbons (Fsp3) is 0.143. The molecular weight excluding hydrogens is 448 g/mol. The minimum absolute atomic E-state index is 0.0655. The molecule has 0 fully saturated rings. The highest BCUT2D eigenvalue weighted by molar-refractivity contribution is 5.82. The Bertz CT molecular complexity index is 1550. The Morgan fingerprint density at radius 2 is 1.08 bits per heavy atom. The molecule has 0 saturated heterocycles. The zero-order valence-electron chi connectivity index (χ0n) is 21.9. The van der Waals surface area contributed by atoms with E-state index in [1.165, 1.54) is 39.2 Å². The van der Waals surface area contributed by atoms with Crippen molar-refractivity contribution in [3.05, 3.63) is 138 Å². The van der Waals surface area contributed by atoms with Gasteiger partial charge in [0.05, 0.1) is 0 Å². The van der Waals surface area contributed by atoms with Crippen molar-refractivity contribution < 1.29 is 0 Å². The molecule has 6 rings (SSSR count). The van der Waals surface area contributed by atoms with E-state index in [4.69, 9.17) is 0 Å². The molecule has 0 spiro atoms. The maximum absolute atomic E-state index is 2.38. The molecule has 0 aromatic heterocycles. The lowest BCUT2D eigenvalue weighted by atomic mass is 9.73. The van der Waals surface area contributed by atoms with Crippen LogP contribution in [-0.2, 0) is 5.41 Å². The molecule has 2 heteroatoms. The molecule has 1 aliphatic heterocycles. The standard InChI is InChI=1S/C35H32N2/c1-25-14-19-29(20-15-25)37(28-10-6-5-7-11-28)30-21-16-26(17-22-30)27-18-23-34-32(24-27)35(2,3)31-12-8-9-13-33(31)36(34)4/h5-24H,1-4H3. The second kappa shape index (κ2) is 8.97. The largest absolute Gasteiger partial charge is 0.344 e. The van der Waals surface area contributed by atoms with Gasteiger partial charge in [0.25, 0.3) is 0 Å². The number of fused-ring (bicyclic) bond motifs is 2. The van der Waals surface area contributed by atoms with E-state index in [1.807, 2.05) is 0 Å². The maximum atomic E-state index is 2.38. The third kappa shape index (κ3) is 3.99. The van der Waals surface area contributed by atoms with Crippen molar-refractivity contribution in [2.45, 2.75) is 26.2 Å². The predicted octanol–water partition coefficient (Wildman–Crippen LogP) is 9.54. The summed E-state index contributed by atoms with van der Waals surface area (Å²) in [7, 11) is 2.17. The Morgan fingerprint density at radius 3 is 1.78 bits per heavy atom. The Balaban J connectivity index is 1.39. The number of benzene rings is 5. The fourth-order valence-electron chi connectivity index (χ4n) is 5.60. The van der Waals surface area contributed by atoms with E-state index in [2.05, 4.69) is 159 Å². The van der Waals surface area contributed by atoms with Crippen LogP contribution in [0.25, 0.3) is 11.1 Å². The van der Waals surface area contributed by atoms with E-state index in [1.54, 1.807) is 0 Å². The van der Waals surface area contributed by atoms with Gasteiger partial charge in [-0.2, -0.15) is 0 Å². The molecule has 0 N–H and O–H groups in total. The molecule has 0 saturated carbocycles. The first-order valence-corrected chi connectivity index (χ1v) is 12.9. The lowest BCUT2D eigenvalue weighted by molar-refractivity contribution is 0.630. The number of nitrogens with zero attached hydrogens (tertiary/aromatic N) is 2. The van der Waals surface area contributed by atoms with Gasteiger partial charge in [-0.05, 0) is 83.8 Å². The van der Waals surface area contributed by atoms with Crippen molar-refractivity contribution in [2.75, 3.05) is 16.8 Å². The van der Waals surface area contributed by atoms with Gasteiger partial charge in [-0.1, -0.05) is 86.1 Å². The second-order valence-electron chi connectivity index (χ2n) is 10.5. The van der Waals surface area contributed by atoms with Gasteiger partial charge in [-0.25, -0.2) is 0 Å². The molecule has 37 heavy (non-hydrogen) atoms. The van der Waals surface area contributed by atoms with Gasteiger partial charge in [0, 0.05) is 40.9 Å². The van der Waals surface area contributed by atoms with Crippen LogP contribution in [0.4, 0.5) is 28.4 Å². The topological polar surface area (TPSA) is 6.48 Å². The highest BCUT2D eigenvalue weighted by Gasteiger charge is 2.34. The van der Waals surface area contributed by atoms with Crippen molar-refractivity contribution in [2.24, 2.45) is 0 Å². The molecule has 5 aromatic rings. The third-order valence-electron chi connectivity index (χ3n) is 7.74. The summed E-state index contributed by atoms with van der Waals surface area (Å²) >= 11 is 0. The molecule has 0 radical (unpaired) electrons. The van der Waals surface area contributed by atoms with Crippen LogP contribution in [0.15, 0.2) is 121 Å². The number of rotatable bonds is 4. The molecular formula is C35H32N2. The van der Waals surface area contributed by atoms with E-state index in [9.17, 15) is 0 Å². The van der Waals surface area contributed by atoms with Crippen molar-refractivity contribution in [1.82, 2.24) is 0 Å². The van der Waals surface area contributed by atoms with Crippen LogP contribution in [0.2, 0.25) is 0 Å². The van der Waals surface area contributed by atoms with Gasteiger partial charge in [0.2, 0.25) is 0 Å². The second-order valence-corrected chi connectivity index (χ2v) is 10.5. The van der Waals surface area contributed by atoms with Crippen molar-refractivity contribution in [3.8, 4) is 11.1 Å². The molecule has 0 bridgehead atoms. The molecule has 1 aliphatic rings. The summed E-state index contributed by atoms with van der Waals surface area (Å²) in [6.45, 7) is 6.80. The summed E-state index contributed by atoms with van der Waals surface area (Å²) in [5, 5.41) is 0. The van der Waals surface area contributed by atoms with Crippen LogP contribution in [0, 0.1) is 6.92 Å². The molecule has 0 amide bonds. The maximum Gasteiger partial charge on any atom is 0.0462 e. The lowest BCUT2D eigenvalue weighted by Crippen LogP contribution is -2.30. The molecule has 1 heterocycles. The van der Waals surface area contributed by atoms with Crippen LogP contribution in [0.5, 0.6) is 0 Å². The normalized spacial score (nSPS) is 13.6. The SMILES string of the molecule is Cc1ccc(N(c2ccccc2)c2ccc(-c3ccc4c(c3)C(C)(C)c3ccccc3N4C)cc2)cc1. The van der Waals surface area contributed by atoms with Crippen LogP contribution in [-0.4, -0.2) is 7.05 Å². The number of hydrogen-bond acceptors (Lipinski definition) is 2. The zero-order valence-corrected chi connectivity index (χ0v) is 21.9. The van der Waals surface area contributed by atoms with E-state index in [0.717, 1.165) is 17.1 Å². The Labute approximate surface area is 220 Å². The third-order valence-corrected chi connectivity index (χ3v) is 7.74. The van der Waals surface area contributed by atoms with Crippen LogP contribution >= 0.6 is 0 Å². The van der Waals surface area contributed by atoms with Gasteiger partial charge >= 0.3 is 0 Å². The smallest absolute Gasteiger partial charge is 0.0462 e. The van der Waals surface area contributed by atoms with Crippen molar-refractivity contribution in [1.29, 1.82) is 0 Å². The summed E-state index contributed by atoms with van der Waals surface area (Å²) in [5.41, 5.74) is 12.4.